The highest BCUT2D eigenvalue weighted by atomic mass is 16.4. The number of amides is 1. The Labute approximate surface area is 105 Å². The molecule has 0 aliphatic carbocycles. The highest BCUT2D eigenvalue weighted by Crippen LogP contribution is 2.25. The number of likely N-dealkylation sites (tertiary alicyclic amines) is 1. The van der Waals surface area contributed by atoms with Gasteiger partial charge in [-0.3, -0.25) is 4.79 Å². The predicted molar refractivity (Wildman–Crippen MR) is 64.5 cm³/mol. The van der Waals surface area contributed by atoms with Gasteiger partial charge in [-0.2, -0.15) is 0 Å². The van der Waals surface area contributed by atoms with Crippen molar-refractivity contribution < 1.29 is 19.1 Å². The summed E-state index contributed by atoms with van der Waals surface area (Å²) in [6, 6.07) is 1.29. The van der Waals surface area contributed by atoms with Gasteiger partial charge >= 0.3 is 5.97 Å². The number of carbonyl (C=O) groups is 2. The van der Waals surface area contributed by atoms with Crippen LogP contribution < -0.4 is 0 Å². The van der Waals surface area contributed by atoms with Crippen molar-refractivity contribution >= 4 is 11.9 Å². The predicted octanol–water partition coefficient (Wildman–Crippen LogP) is 2.10. The minimum absolute atomic E-state index is 0.0120. The van der Waals surface area contributed by atoms with E-state index >= 15 is 0 Å². The zero-order valence-electron chi connectivity index (χ0n) is 10.5. The van der Waals surface area contributed by atoms with Gasteiger partial charge in [-0.25, -0.2) is 4.79 Å². The zero-order valence-corrected chi connectivity index (χ0v) is 10.5. The van der Waals surface area contributed by atoms with Crippen LogP contribution in [0.1, 0.15) is 41.2 Å². The summed E-state index contributed by atoms with van der Waals surface area (Å²) in [6.45, 7) is 5.73. The second-order valence-electron chi connectivity index (χ2n) is 5.05. The Balaban J connectivity index is 2.05. The molecule has 5 heteroatoms. The lowest BCUT2D eigenvalue weighted by Gasteiger charge is -2.16. The largest absolute Gasteiger partial charge is 0.478 e. The third-order valence-corrected chi connectivity index (χ3v) is 3.51. The Hall–Kier alpha value is -1.78. The molecule has 5 nitrogen and oxygen atoms in total. The highest BCUT2D eigenvalue weighted by molar-refractivity contribution is 5.95. The summed E-state index contributed by atoms with van der Waals surface area (Å²) in [5, 5.41) is 8.78. The van der Waals surface area contributed by atoms with Crippen molar-refractivity contribution in [1.29, 1.82) is 0 Å². The van der Waals surface area contributed by atoms with Gasteiger partial charge in [0.05, 0.1) is 5.56 Å². The molecular formula is C13H17NO4. The number of carboxylic acids is 1. The van der Waals surface area contributed by atoms with Crippen LogP contribution in [-0.2, 0) is 0 Å². The first-order chi connectivity index (χ1) is 8.49. The molecule has 1 aliphatic heterocycles. The molecule has 0 saturated carbocycles. The van der Waals surface area contributed by atoms with Crippen LogP contribution in [0.5, 0.6) is 0 Å². The monoisotopic (exact) mass is 251 g/mol. The van der Waals surface area contributed by atoms with E-state index < -0.39 is 5.97 Å². The maximum atomic E-state index is 12.1. The van der Waals surface area contributed by atoms with Gasteiger partial charge in [0, 0.05) is 19.2 Å². The van der Waals surface area contributed by atoms with Gasteiger partial charge in [0.2, 0.25) is 0 Å². The fourth-order valence-electron chi connectivity index (χ4n) is 2.23. The maximum Gasteiger partial charge on any atom is 0.338 e. The van der Waals surface area contributed by atoms with Gasteiger partial charge in [-0.05, 0) is 18.3 Å². The molecule has 1 unspecified atom stereocenters. The third kappa shape index (κ3) is 2.39. The maximum absolute atomic E-state index is 12.1. The van der Waals surface area contributed by atoms with E-state index in [2.05, 4.69) is 13.8 Å². The van der Waals surface area contributed by atoms with E-state index in [9.17, 15) is 9.59 Å². The van der Waals surface area contributed by atoms with Crippen LogP contribution in [0.25, 0.3) is 0 Å². The Bertz CT molecular complexity index is 463. The average Bonchev–Trinajstić information content (AvgIpc) is 2.97. The molecule has 1 aromatic heterocycles. The van der Waals surface area contributed by atoms with Crippen molar-refractivity contribution in [2.75, 3.05) is 13.1 Å². The number of rotatable bonds is 3. The lowest BCUT2D eigenvalue weighted by Crippen LogP contribution is -2.29. The number of furan rings is 1. The van der Waals surface area contributed by atoms with Gasteiger partial charge in [0.15, 0.2) is 5.76 Å². The molecule has 0 bridgehead atoms. The molecular weight excluding hydrogens is 234 g/mol. The van der Waals surface area contributed by atoms with Crippen molar-refractivity contribution in [3.05, 3.63) is 23.7 Å². The summed E-state index contributed by atoms with van der Waals surface area (Å²) < 4.78 is 5.02. The van der Waals surface area contributed by atoms with E-state index in [0.29, 0.717) is 18.4 Å². The lowest BCUT2D eigenvalue weighted by molar-refractivity contribution is 0.0695. The van der Waals surface area contributed by atoms with Crippen molar-refractivity contribution in [2.45, 2.75) is 20.3 Å². The van der Waals surface area contributed by atoms with Crippen LogP contribution in [0, 0.1) is 11.8 Å². The average molecular weight is 251 g/mol. The molecule has 1 aliphatic rings. The molecule has 0 aromatic carbocycles. The van der Waals surface area contributed by atoms with Gasteiger partial charge in [0.25, 0.3) is 5.91 Å². The summed E-state index contributed by atoms with van der Waals surface area (Å²) in [5.74, 6) is -0.126. The topological polar surface area (TPSA) is 70.8 Å². The van der Waals surface area contributed by atoms with Crippen molar-refractivity contribution in [3.8, 4) is 0 Å². The second kappa shape index (κ2) is 4.84. The van der Waals surface area contributed by atoms with Crippen molar-refractivity contribution in [2.24, 2.45) is 11.8 Å². The Morgan fingerprint density at radius 2 is 2.22 bits per heavy atom. The molecule has 98 valence electrons. The minimum atomic E-state index is -1.08. The van der Waals surface area contributed by atoms with E-state index in [1.165, 1.54) is 6.07 Å². The highest BCUT2D eigenvalue weighted by Gasteiger charge is 2.30. The summed E-state index contributed by atoms with van der Waals surface area (Å²) >= 11 is 0. The molecule has 0 spiro atoms. The van der Waals surface area contributed by atoms with Crippen LogP contribution in [0.3, 0.4) is 0 Å². The molecule has 2 rings (SSSR count). The first-order valence-electron chi connectivity index (χ1n) is 6.10. The van der Waals surface area contributed by atoms with E-state index in [0.717, 1.165) is 19.2 Å². The molecule has 1 amide bonds. The number of hydrogen-bond donors (Lipinski definition) is 1. The molecule has 1 atom stereocenters. The second-order valence-corrected chi connectivity index (χ2v) is 5.05. The molecule has 1 saturated heterocycles. The van der Waals surface area contributed by atoms with Crippen LogP contribution in [-0.4, -0.2) is 35.0 Å². The molecule has 18 heavy (non-hydrogen) atoms. The third-order valence-electron chi connectivity index (χ3n) is 3.51. The molecule has 2 heterocycles. The van der Waals surface area contributed by atoms with Crippen LogP contribution in [0.4, 0.5) is 0 Å². The van der Waals surface area contributed by atoms with Crippen molar-refractivity contribution in [1.82, 2.24) is 4.90 Å². The Morgan fingerprint density at radius 1 is 1.50 bits per heavy atom. The lowest BCUT2D eigenvalue weighted by atomic mass is 9.95. The smallest absolute Gasteiger partial charge is 0.338 e. The quantitative estimate of drug-likeness (QED) is 0.893. The SMILES string of the molecule is CC(C)C1CCN(C(=O)c2cc(C(=O)O)co2)C1. The van der Waals surface area contributed by atoms with E-state index in [1.807, 2.05) is 0 Å². The fourth-order valence-corrected chi connectivity index (χ4v) is 2.23. The van der Waals surface area contributed by atoms with E-state index in [4.69, 9.17) is 9.52 Å². The summed E-state index contributed by atoms with van der Waals surface area (Å²) in [5.41, 5.74) is 0.0120. The summed E-state index contributed by atoms with van der Waals surface area (Å²) in [4.78, 5) is 24.5. The zero-order chi connectivity index (χ0) is 13.3. The minimum Gasteiger partial charge on any atom is -0.478 e. The van der Waals surface area contributed by atoms with Gasteiger partial charge in [-0.15, -0.1) is 0 Å². The standard InChI is InChI=1S/C13H17NO4/c1-8(2)9-3-4-14(6-9)12(15)11-5-10(7-18-11)13(16)17/h5,7-9H,3-4,6H2,1-2H3,(H,16,17). The first-order valence-corrected chi connectivity index (χ1v) is 6.10. The molecule has 1 N–H and O–H groups in total. The van der Waals surface area contributed by atoms with Gasteiger partial charge in [-0.1, -0.05) is 13.8 Å². The molecule has 1 fully saturated rings. The fraction of sp³-hybridized carbons (Fsp3) is 0.538. The van der Waals surface area contributed by atoms with Gasteiger partial charge < -0.3 is 14.4 Å². The van der Waals surface area contributed by atoms with Crippen LogP contribution in [0.2, 0.25) is 0 Å². The normalized spacial score (nSPS) is 19.5. The van der Waals surface area contributed by atoms with Crippen LogP contribution in [0.15, 0.2) is 16.7 Å². The number of hydrogen-bond acceptors (Lipinski definition) is 3. The van der Waals surface area contributed by atoms with Crippen LogP contribution >= 0.6 is 0 Å². The summed E-state index contributed by atoms with van der Waals surface area (Å²) in [7, 11) is 0. The van der Waals surface area contributed by atoms with E-state index in [1.54, 1.807) is 4.90 Å². The number of nitrogens with zero attached hydrogens (tertiary/aromatic N) is 1. The Morgan fingerprint density at radius 3 is 2.72 bits per heavy atom. The number of carboxylic acid groups (broad SMARTS) is 1. The van der Waals surface area contributed by atoms with Crippen molar-refractivity contribution in [3.63, 3.8) is 0 Å². The first kappa shape index (κ1) is 12.7. The van der Waals surface area contributed by atoms with E-state index in [-0.39, 0.29) is 17.2 Å². The Kier molecular flexibility index (Phi) is 3.41. The number of aromatic carboxylic acids is 1. The van der Waals surface area contributed by atoms with Gasteiger partial charge in [0.1, 0.15) is 6.26 Å². The number of carbonyl (C=O) groups excluding carboxylic acids is 1. The molecule has 0 radical (unpaired) electrons. The molecule has 1 aromatic rings. The summed E-state index contributed by atoms with van der Waals surface area (Å²) in [6.07, 6.45) is 2.10.